The first-order valence-electron chi connectivity index (χ1n) is 7.57. The number of carbonyl (C=O) groups is 2. The largest absolute Gasteiger partial charge is 0.329 e. The summed E-state index contributed by atoms with van der Waals surface area (Å²) in [4.78, 5) is 33.3. The van der Waals surface area contributed by atoms with Crippen LogP contribution in [0.1, 0.15) is 32.4 Å². The van der Waals surface area contributed by atoms with E-state index in [-0.39, 0.29) is 23.8 Å². The lowest BCUT2D eigenvalue weighted by molar-refractivity contribution is -0.145. The fraction of sp³-hybridized carbons (Fsp3) is 0.562. The number of carbonyl (C=O) groups excluding carboxylic acids is 2. The topological polar surface area (TPSA) is 53.5 Å². The summed E-state index contributed by atoms with van der Waals surface area (Å²) in [6.45, 7) is 6.59. The molecule has 0 aliphatic carbocycles. The van der Waals surface area contributed by atoms with E-state index in [0.717, 1.165) is 24.2 Å². The van der Waals surface area contributed by atoms with Crippen LogP contribution >= 0.6 is 0 Å². The van der Waals surface area contributed by atoms with Crippen LogP contribution in [-0.4, -0.2) is 40.3 Å². The number of amides is 2. The monoisotopic (exact) mass is 287 g/mol. The van der Waals surface area contributed by atoms with Gasteiger partial charge in [-0.05, 0) is 37.8 Å². The average molecular weight is 287 g/mol. The molecule has 0 N–H and O–H groups in total. The van der Waals surface area contributed by atoms with E-state index in [1.165, 1.54) is 0 Å². The zero-order valence-corrected chi connectivity index (χ0v) is 12.7. The zero-order valence-electron chi connectivity index (χ0n) is 12.7. The number of hydrogen-bond acceptors (Lipinski definition) is 3. The molecule has 5 heteroatoms. The maximum atomic E-state index is 12.9. The summed E-state index contributed by atoms with van der Waals surface area (Å²) in [5.41, 5.74) is 1.63. The summed E-state index contributed by atoms with van der Waals surface area (Å²) in [5, 5.41) is 0. The van der Waals surface area contributed by atoms with Crippen molar-refractivity contribution in [2.24, 2.45) is 5.92 Å². The van der Waals surface area contributed by atoms with Crippen molar-refractivity contribution in [1.29, 1.82) is 0 Å². The van der Waals surface area contributed by atoms with Crippen molar-refractivity contribution in [2.45, 2.75) is 45.7 Å². The van der Waals surface area contributed by atoms with Gasteiger partial charge in [0.2, 0.25) is 5.91 Å². The maximum Gasteiger partial charge on any atom is 0.250 e. The Labute approximate surface area is 124 Å². The number of piperazine rings is 1. The number of hydrogen-bond donors (Lipinski definition) is 0. The molecule has 1 aromatic rings. The molecular weight excluding hydrogens is 266 g/mol. The highest BCUT2D eigenvalue weighted by Gasteiger charge is 2.49. The Kier molecular flexibility index (Phi) is 3.43. The van der Waals surface area contributed by atoms with Gasteiger partial charge >= 0.3 is 0 Å². The maximum absolute atomic E-state index is 12.9. The highest BCUT2D eigenvalue weighted by Crippen LogP contribution is 2.33. The van der Waals surface area contributed by atoms with Gasteiger partial charge in [-0.1, -0.05) is 13.8 Å². The Balaban J connectivity index is 2.03. The molecule has 2 atom stereocenters. The Morgan fingerprint density at radius 1 is 1.24 bits per heavy atom. The molecule has 3 rings (SSSR count). The van der Waals surface area contributed by atoms with Crippen LogP contribution in [0.4, 0.5) is 5.69 Å². The van der Waals surface area contributed by atoms with Gasteiger partial charge in [-0.15, -0.1) is 0 Å². The summed E-state index contributed by atoms with van der Waals surface area (Å²) < 4.78 is 0. The summed E-state index contributed by atoms with van der Waals surface area (Å²) in [5.74, 6) is 0.188. The number of nitrogens with zero attached hydrogens (tertiary/aromatic N) is 3. The Morgan fingerprint density at radius 2 is 2.00 bits per heavy atom. The van der Waals surface area contributed by atoms with Crippen molar-refractivity contribution < 1.29 is 9.59 Å². The fourth-order valence-corrected chi connectivity index (χ4v) is 3.34. The molecule has 2 amide bonds. The third kappa shape index (κ3) is 2.20. The van der Waals surface area contributed by atoms with Crippen molar-refractivity contribution in [3.63, 3.8) is 0 Å². The first-order chi connectivity index (χ1) is 10.0. The Bertz CT molecular complexity index is 567. The minimum atomic E-state index is -0.420. The van der Waals surface area contributed by atoms with Crippen LogP contribution in [-0.2, 0) is 9.59 Å². The summed E-state index contributed by atoms with van der Waals surface area (Å²) >= 11 is 0. The van der Waals surface area contributed by atoms with Crippen LogP contribution in [0.15, 0.2) is 18.3 Å². The summed E-state index contributed by atoms with van der Waals surface area (Å²) in [7, 11) is 0. The highest BCUT2D eigenvalue weighted by atomic mass is 16.2. The van der Waals surface area contributed by atoms with E-state index in [0.29, 0.717) is 6.54 Å². The van der Waals surface area contributed by atoms with Gasteiger partial charge in [0.15, 0.2) is 0 Å². The summed E-state index contributed by atoms with van der Waals surface area (Å²) in [6, 6.07) is 3.06. The number of aryl methyl sites for hydroxylation is 1. The lowest BCUT2D eigenvalue weighted by atomic mass is 9.95. The van der Waals surface area contributed by atoms with Crippen molar-refractivity contribution in [2.75, 3.05) is 11.4 Å². The molecule has 3 heterocycles. The molecule has 0 aromatic carbocycles. The molecule has 0 bridgehead atoms. The molecule has 2 aliphatic rings. The molecule has 0 spiro atoms. The predicted octanol–water partition coefficient (Wildman–Crippen LogP) is 1.75. The third-order valence-corrected chi connectivity index (χ3v) is 4.39. The molecule has 2 saturated heterocycles. The van der Waals surface area contributed by atoms with E-state index in [9.17, 15) is 9.59 Å². The van der Waals surface area contributed by atoms with Crippen molar-refractivity contribution >= 4 is 17.5 Å². The average Bonchev–Trinajstić information content (AvgIpc) is 2.93. The smallest absolute Gasteiger partial charge is 0.250 e. The second kappa shape index (κ2) is 5.13. The molecule has 112 valence electrons. The van der Waals surface area contributed by atoms with Crippen LogP contribution < -0.4 is 4.90 Å². The van der Waals surface area contributed by atoms with Crippen molar-refractivity contribution in [3.05, 3.63) is 24.0 Å². The molecule has 2 unspecified atom stereocenters. The zero-order chi connectivity index (χ0) is 15.1. The number of aromatic nitrogens is 1. The first-order valence-corrected chi connectivity index (χ1v) is 7.57. The highest BCUT2D eigenvalue weighted by molar-refractivity contribution is 6.08. The molecule has 0 radical (unpaired) electrons. The normalized spacial score (nSPS) is 25.7. The van der Waals surface area contributed by atoms with Gasteiger partial charge in [-0.2, -0.15) is 0 Å². The van der Waals surface area contributed by atoms with E-state index in [1.807, 2.05) is 32.9 Å². The van der Waals surface area contributed by atoms with Crippen LogP contribution in [0, 0.1) is 12.8 Å². The van der Waals surface area contributed by atoms with Crippen LogP contribution in [0.5, 0.6) is 0 Å². The lowest BCUT2D eigenvalue weighted by Crippen LogP contribution is -2.64. The minimum absolute atomic E-state index is 0.0384. The Morgan fingerprint density at radius 3 is 2.62 bits per heavy atom. The number of fused-ring (bicyclic) bond motifs is 1. The molecule has 1 aromatic heterocycles. The van der Waals surface area contributed by atoms with E-state index in [4.69, 9.17) is 0 Å². The fourth-order valence-electron chi connectivity index (χ4n) is 3.34. The number of rotatable bonds is 2. The van der Waals surface area contributed by atoms with Gasteiger partial charge in [0.1, 0.15) is 12.1 Å². The molecule has 21 heavy (non-hydrogen) atoms. The van der Waals surface area contributed by atoms with Gasteiger partial charge in [-0.3, -0.25) is 19.5 Å². The van der Waals surface area contributed by atoms with Gasteiger partial charge in [-0.25, -0.2) is 0 Å². The van der Waals surface area contributed by atoms with Crippen molar-refractivity contribution in [3.8, 4) is 0 Å². The van der Waals surface area contributed by atoms with Crippen LogP contribution in [0.3, 0.4) is 0 Å². The second-order valence-corrected chi connectivity index (χ2v) is 6.24. The lowest BCUT2D eigenvalue weighted by Gasteiger charge is -2.43. The van der Waals surface area contributed by atoms with E-state index in [2.05, 4.69) is 4.98 Å². The Hall–Kier alpha value is -1.91. The number of pyridine rings is 1. The third-order valence-electron chi connectivity index (χ3n) is 4.39. The quantitative estimate of drug-likeness (QED) is 0.832. The van der Waals surface area contributed by atoms with Gasteiger partial charge < -0.3 is 4.90 Å². The molecule has 0 saturated carbocycles. The molecule has 2 fully saturated rings. The van der Waals surface area contributed by atoms with E-state index in [1.54, 1.807) is 16.0 Å². The van der Waals surface area contributed by atoms with E-state index >= 15 is 0 Å². The number of anilines is 1. The van der Waals surface area contributed by atoms with Gasteiger partial charge in [0.25, 0.3) is 5.91 Å². The SMILES string of the molecule is Cc1ccc(N2C(=O)C3CCCN3C(=O)C2C(C)C)cn1. The molecule has 2 aliphatic heterocycles. The molecule has 5 nitrogen and oxygen atoms in total. The second-order valence-electron chi connectivity index (χ2n) is 6.24. The van der Waals surface area contributed by atoms with Gasteiger partial charge in [0, 0.05) is 12.2 Å². The summed E-state index contributed by atoms with van der Waals surface area (Å²) in [6.07, 6.45) is 3.37. The van der Waals surface area contributed by atoms with E-state index < -0.39 is 6.04 Å². The van der Waals surface area contributed by atoms with Crippen LogP contribution in [0.2, 0.25) is 0 Å². The minimum Gasteiger partial charge on any atom is -0.329 e. The van der Waals surface area contributed by atoms with Crippen molar-refractivity contribution in [1.82, 2.24) is 9.88 Å². The van der Waals surface area contributed by atoms with Crippen LogP contribution in [0.25, 0.3) is 0 Å². The molecular formula is C16H21N3O2. The predicted molar refractivity (Wildman–Crippen MR) is 79.8 cm³/mol. The first kappa shape index (κ1) is 14.0. The van der Waals surface area contributed by atoms with Gasteiger partial charge in [0.05, 0.1) is 11.9 Å². The standard InChI is InChI=1S/C16H21N3O2/c1-10(2)14-16(21)18-8-4-5-13(18)15(20)19(14)12-7-6-11(3)17-9-12/h6-7,9-10,13-14H,4-5,8H2,1-3H3.